The van der Waals surface area contributed by atoms with Crippen molar-refractivity contribution in [1.82, 2.24) is 14.8 Å². The van der Waals surface area contributed by atoms with Gasteiger partial charge in [-0.1, -0.05) is 30.3 Å². The average molecular weight is 431 g/mol. The summed E-state index contributed by atoms with van der Waals surface area (Å²) < 4.78 is 12.9. The summed E-state index contributed by atoms with van der Waals surface area (Å²) in [6, 6.07) is 17.2. The Bertz CT molecular complexity index is 1280. The molecule has 0 saturated heterocycles. The minimum absolute atomic E-state index is 0.155. The van der Waals surface area contributed by atoms with E-state index in [4.69, 9.17) is 14.5 Å². The van der Waals surface area contributed by atoms with E-state index in [-0.39, 0.29) is 12.5 Å². The van der Waals surface area contributed by atoms with E-state index in [1.54, 1.807) is 10.7 Å². The highest BCUT2D eigenvalue weighted by atomic mass is 16.5. The van der Waals surface area contributed by atoms with Gasteiger partial charge in [-0.2, -0.15) is 9.78 Å². The highest BCUT2D eigenvalue weighted by Crippen LogP contribution is 2.27. The number of aryl methyl sites for hydroxylation is 3. The van der Waals surface area contributed by atoms with Gasteiger partial charge in [-0.05, 0) is 57.0 Å². The number of ether oxygens (including phenoxy) is 2. The fourth-order valence-corrected chi connectivity index (χ4v) is 3.58. The zero-order valence-electron chi connectivity index (χ0n) is 18.7. The smallest absolute Gasteiger partial charge is 0.263 e. The number of benzene rings is 2. The number of para-hydroxylation sites is 3. The molecule has 164 valence electrons. The van der Waals surface area contributed by atoms with Crippen LogP contribution >= 0.6 is 0 Å². The van der Waals surface area contributed by atoms with Crippen molar-refractivity contribution in [1.29, 1.82) is 0 Å². The Morgan fingerprint density at radius 2 is 1.72 bits per heavy atom. The normalized spacial score (nSPS) is 10.9. The van der Waals surface area contributed by atoms with Gasteiger partial charge in [-0.25, -0.2) is 4.98 Å². The van der Waals surface area contributed by atoms with Gasteiger partial charge in [0.15, 0.2) is 23.9 Å². The van der Waals surface area contributed by atoms with E-state index in [1.807, 2.05) is 70.2 Å². The maximum absolute atomic E-state index is 12.6. The van der Waals surface area contributed by atoms with Crippen molar-refractivity contribution in [2.75, 3.05) is 18.5 Å². The van der Waals surface area contributed by atoms with Crippen molar-refractivity contribution in [3.8, 4) is 17.3 Å². The van der Waals surface area contributed by atoms with Gasteiger partial charge < -0.3 is 14.8 Å². The summed E-state index contributed by atoms with van der Waals surface area (Å²) in [5.41, 5.74) is 3.87. The lowest BCUT2D eigenvalue weighted by molar-refractivity contribution is -0.118. The van der Waals surface area contributed by atoms with Crippen LogP contribution in [0, 0.1) is 20.8 Å². The van der Waals surface area contributed by atoms with Gasteiger partial charge in [-0.15, -0.1) is 0 Å². The molecule has 0 aliphatic heterocycles. The largest absolute Gasteiger partial charge is 0.490 e. The Morgan fingerprint density at radius 1 is 0.969 bits per heavy atom. The second kappa shape index (κ2) is 9.09. The first-order valence-corrected chi connectivity index (χ1v) is 10.5. The van der Waals surface area contributed by atoms with Crippen LogP contribution in [0.5, 0.6) is 11.5 Å². The maximum Gasteiger partial charge on any atom is 0.263 e. The minimum atomic E-state index is -0.300. The van der Waals surface area contributed by atoms with E-state index in [9.17, 15) is 4.79 Å². The lowest BCUT2D eigenvalue weighted by Gasteiger charge is -2.13. The van der Waals surface area contributed by atoms with Gasteiger partial charge >= 0.3 is 0 Å². The number of nitrogens with one attached hydrogen (secondary N) is 1. The Kier molecular flexibility index (Phi) is 6.07. The molecule has 7 heteroatoms. The molecule has 7 nitrogen and oxygen atoms in total. The predicted octanol–water partition coefficient (Wildman–Crippen LogP) is 4.76. The minimum Gasteiger partial charge on any atom is -0.490 e. The summed E-state index contributed by atoms with van der Waals surface area (Å²) in [6.45, 7) is 8.22. The molecular weight excluding hydrogens is 404 g/mol. The second-order valence-electron chi connectivity index (χ2n) is 7.57. The number of rotatable bonds is 7. The van der Waals surface area contributed by atoms with E-state index in [0.717, 1.165) is 27.7 Å². The average Bonchev–Trinajstić information content (AvgIpc) is 3.14. The first kappa shape index (κ1) is 21.4. The Balaban J connectivity index is 1.56. The Hall–Kier alpha value is -3.87. The monoisotopic (exact) mass is 430 g/mol. The van der Waals surface area contributed by atoms with Crippen LogP contribution in [-0.4, -0.2) is 33.9 Å². The number of nitrogens with zero attached hydrogens (tertiary/aromatic N) is 3. The molecule has 0 unspecified atom stereocenters. The second-order valence-corrected chi connectivity index (χ2v) is 7.57. The van der Waals surface area contributed by atoms with Gasteiger partial charge in [0.05, 0.1) is 17.8 Å². The molecule has 0 spiro atoms. The molecule has 2 heterocycles. The number of carbonyl (C=O) groups is 1. The number of fused-ring (bicyclic) bond motifs is 1. The summed E-state index contributed by atoms with van der Waals surface area (Å²) in [5, 5.41) is 8.54. The molecular formula is C25H26N4O3. The van der Waals surface area contributed by atoms with Crippen molar-refractivity contribution in [2.24, 2.45) is 0 Å². The fraction of sp³-hybridized carbons (Fsp3) is 0.240. The van der Waals surface area contributed by atoms with Crippen molar-refractivity contribution in [3.63, 3.8) is 0 Å². The molecule has 1 amide bonds. The van der Waals surface area contributed by atoms with Crippen LogP contribution < -0.4 is 14.8 Å². The van der Waals surface area contributed by atoms with Crippen molar-refractivity contribution < 1.29 is 14.3 Å². The Morgan fingerprint density at radius 3 is 2.47 bits per heavy atom. The molecule has 0 fully saturated rings. The lowest BCUT2D eigenvalue weighted by atomic mass is 10.1. The highest BCUT2D eigenvalue weighted by Gasteiger charge is 2.15. The van der Waals surface area contributed by atoms with Crippen LogP contribution in [0.2, 0.25) is 0 Å². The molecule has 0 bridgehead atoms. The summed E-state index contributed by atoms with van der Waals surface area (Å²) in [7, 11) is 0. The number of anilines is 1. The molecule has 4 rings (SSSR count). The van der Waals surface area contributed by atoms with Crippen molar-refractivity contribution in [2.45, 2.75) is 27.7 Å². The number of carbonyl (C=O) groups excluding carboxylic acids is 1. The SMILES string of the molecule is CCOc1ccccc1OCC(=O)Nc1cc(C)nn1-c1cc(C)c2cccc(C)c2n1. The van der Waals surface area contributed by atoms with Crippen LogP contribution in [0.1, 0.15) is 23.7 Å². The number of hydrogen-bond acceptors (Lipinski definition) is 5. The molecule has 0 radical (unpaired) electrons. The summed E-state index contributed by atoms with van der Waals surface area (Å²) in [5.74, 6) is 2.02. The van der Waals surface area contributed by atoms with E-state index >= 15 is 0 Å². The summed E-state index contributed by atoms with van der Waals surface area (Å²) in [6.07, 6.45) is 0. The number of pyridine rings is 1. The summed E-state index contributed by atoms with van der Waals surface area (Å²) in [4.78, 5) is 17.5. The van der Waals surface area contributed by atoms with Crippen molar-refractivity contribution in [3.05, 3.63) is 71.4 Å². The maximum atomic E-state index is 12.6. The molecule has 2 aromatic heterocycles. The van der Waals surface area contributed by atoms with Crippen molar-refractivity contribution >= 4 is 22.6 Å². The molecule has 4 aromatic rings. The van der Waals surface area contributed by atoms with Gasteiger partial charge in [0.25, 0.3) is 5.91 Å². The number of hydrogen-bond donors (Lipinski definition) is 1. The highest BCUT2D eigenvalue weighted by molar-refractivity contribution is 5.91. The zero-order chi connectivity index (χ0) is 22.7. The lowest BCUT2D eigenvalue weighted by Crippen LogP contribution is -2.22. The molecule has 32 heavy (non-hydrogen) atoms. The first-order valence-electron chi connectivity index (χ1n) is 10.5. The van der Waals surface area contributed by atoms with Crippen LogP contribution in [0.4, 0.5) is 5.82 Å². The number of aromatic nitrogens is 3. The third-order valence-electron chi connectivity index (χ3n) is 5.06. The molecule has 0 aliphatic carbocycles. The van der Waals surface area contributed by atoms with Crippen LogP contribution in [0.25, 0.3) is 16.7 Å². The van der Waals surface area contributed by atoms with Crippen LogP contribution in [0.3, 0.4) is 0 Å². The third-order valence-corrected chi connectivity index (χ3v) is 5.06. The third kappa shape index (κ3) is 4.42. The van der Waals surface area contributed by atoms with Gasteiger partial charge in [0.1, 0.15) is 5.82 Å². The van der Waals surface area contributed by atoms with E-state index in [0.29, 0.717) is 29.7 Å². The molecule has 0 atom stereocenters. The molecule has 0 aliphatic rings. The zero-order valence-corrected chi connectivity index (χ0v) is 18.7. The first-order chi connectivity index (χ1) is 15.5. The van der Waals surface area contributed by atoms with E-state index in [1.165, 1.54) is 0 Å². The quantitative estimate of drug-likeness (QED) is 0.457. The Labute approximate surface area is 187 Å². The van der Waals surface area contributed by atoms with Gasteiger partial charge in [0.2, 0.25) is 0 Å². The standard InChI is InChI=1S/C25H26N4O3/c1-5-31-20-11-6-7-12-21(20)32-15-24(30)26-23-14-18(4)28-29(23)22-13-17(3)19-10-8-9-16(2)25(19)27-22/h6-14H,5,15H2,1-4H3,(H,26,30). The topological polar surface area (TPSA) is 78.3 Å². The van der Waals surface area contributed by atoms with E-state index < -0.39 is 0 Å². The number of amides is 1. The van der Waals surface area contributed by atoms with Crippen LogP contribution in [0.15, 0.2) is 54.6 Å². The summed E-state index contributed by atoms with van der Waals surface area (Å²) >= 11 is 0. The molecule has 0 saturated carbocycles. The van der Waals surface area contributed by atoms with Gasteiger partial charge in [-0.3, -0.25) is 4.79 Å². The van der Waals surface area contributed by atoms with E-state index in [2.05, 4.69) is 16.5 Å². The predicted molar refractivity (Wildman–Crippen MR) is 125 cm³/mol. The molecule has 2 aromatic carbocycles. The molecule has 1 N–H and O–H groups in total. The van der Waals surface area contributed by atoms with Crippen LogP contribution in [-0.2, 0) is 4.79 Å². The van der Waals surface area contributed by atoms with Gasteiger partial charge in [0, 0.05) is 11.5 Å². The fourth-order valence-electron chi connectivity index (χ4n) is 3.58.